The molecule has 0 saturated carbocycles. The number of aromatic nitrogens is 1. The summed E-state index contributed by atoms with van der Waals surface area (Å²) in [5, 5.41) is 6.84. The van der Waals surface area contributed by atoms with E-state index in [1.807, 2.05) is 42.7 Å². The SMILES string of the molecule is CCCCC[C@@H](CCCNC1CCN(c2ccncc2)CC1)NC(=O)OCc1ccccc1. The van der Waals surface area contributed by atoms with Gasteiger partial charge in [-0.2, -0.15) is 0 Å². The van der Waals surface area contributed by atoms with Crippen molar-refractivity contribution >= 4 is 11.8 Å². The van der Waals surface area contributed by atoms with E-state index in [0.717, 1.165) is 63.7 Å². The number of rotatable bonds is 13. The number of benzene rings is 1. The monoisotopic (exact) mass is 452 g/mol. The van der Waals surface area contributed by atoms with Crippen molar-refractivity contribution in [1.29, 1.82) is 0 Å². The van der Waals surface area contributed by atoms with Crippen LogP contribution in [-0.2, 0) is 11.3 Å². The van der Waals surface area contributed by atoms with Crippen LogP contribution in [0.2, 0.25) is 0 Å². The first kappa shape index (κ1) is 25.0. The largest absolute Gasteiger partial charge is 0.445 e. The second-order valence-electron chi connectivity index (χ2n) is 8.96. The van der Waals surface area contributed by atoms with E-state index in [-0.39, 0.29) is 12.1 Å². The molecule has 0 unspecified atom stereocenters. The number of amides is 1. The van der Waals surface area contributed by atoms with Gasteiger partial charge in [0.25, 0.3) is 0 Å². The molecular weight excluding hydrogens is 412 g/mol. The van der Waals surface area contributed by atoms with Crippen molar-refractivity contribution in [3.05, 3.63) is 60.4 Å². The second kappa shape index (κ2) is 14.5. The molecule has 3 rings (SSSR count). The second-order valence-corrected chi connectivity index (χ2v) is 8.96. The topological polar surface area (TPSA) is 66.5 Å². The van der Waals surface area contributed by atoms with Crippen LogP contribution in [0, 0.1) is 0 Å². The van der Waals surface area contributed by atoms with Crippen molar-refractivity contribution in [2.45, 2.75) is 77.0 Å². The highest BCUT2D eigenvalue weighted by molar-refractivity contribution is 5.67. The molecule has 6 nitrogen and oxygen atoms in total. The lowest BCUT2D eigenvalue weighted by Crippen LogP contribution is -2.43. The van der Waals surface area contributed by atoms with E-state index in [2.05, 4.69) is 39.6 Å². The van der Waals surface area contributed by atoms with Crippen LogP contribution >= 0.6 is 0 Å². The molecule has 1 aromatic carbocycles. The number of pyridine rings is 1. The molecule has 1 aromatic heterocycles. The molecule has 1 saturated heterocycles. The Kier molecular flexibility index (Phi) is 11.0. The Bertz CT molecular complexity index is 779. The molecule has 1 atom stereocenters. The number of nitrogens with zero attached hydrogens (tertiary/aromatic N) is 2. The van der Waals surface area contributed by atoms with Crippen molar-refractivity contribution in [2.24, 2.45) is 0 Å². The first-order valence-corrected chi connectivity index (χ1v) is 12.6. The third kappa shape index (κ3) is 9.42. The minimum Gasteiger partial charge on any atom is -0.445 e. The first-order chi connectivity index (χ1) is 16.2. The summed E-state index contributed by atoms with van der Waals surface area (Å²) in [6.45, 7) is 5.67. The Labute approximate surface area is 199 Å². The fraction of sp³-hybridized carbons (Fsp3) is 0.556. The Hall–Kier alpha value is -2.60. The van der Waals surface area contributed by atoms with E-state index in [0.29, 0.717) is 12.6 Å². The molecular formula is C27H40N4O2. The smallest absolute Gasteiger partial charge is 0.407 e. The van der Waals surface area contributed by atoms with Crippen LogP contribution in [0.25, 0.3) is 0 Å². The van der Waals surface area contributed by atoms with Crippen molar-refractivity contribution in [3.63, 3.8) is 0 Å². The summed E-state index contributed by atoms with van der Waals surface area (Å²) in [4.78, 5) is 18.9. The number of hydrogen-bond acceptors (Lipinski definition) is 5. The van der Waals surface area contributed by atoms with E-state index in [1.165, 1.54) is 18.5 Å². The molecule has 0 bridgehead atoms. The van der Waals surface area contributed by atoms with Crippen LogP contribution in [0.4, 0.5) is 10.5 Å². The highest BCUT2D eigenvalue weighted by Gasteiger charge is 2.19. The molecule has 1 aliphatic rings. The molecule has 180 valence electrons. The summed E-state index contributed by atoms with van der Waals surface area (Å²) in [5.74, 6) is 0. The van der Waals surface area contributed by atoms with Crippen molar-refractivity contribution < 1.29 is 9.53 Å². The standard InChI is InChI=1S/C27H40N4O2/c1-2-3-5-11-25(30-27(32)33-22-23-9-6-4-7-10-23)12-8-17-29-24-15-20-31(21-16-24)26-13-18-28-19-14-26/h4,6-7,9-10,13-14,18-19,24-25,29H,2-3,5,8,11-12,15-17,20-22H2,1H3,(H,30,32)/t25-/m0/s1. The average molecular weight is 453 g/mol. The van der Waals surface area contributed by atoms with Gasteiger partial charge in [0, 0.05) is 43.3 Å². The molecule has 33 heavy (non-hydrogen) atoms. The number of anilines is 1. The predicted molar refractivity (Wildman–Crippen MR) is 134 cm³/mol. The van der Waals surface area contributed by atoms with Crippen LogP contribution in [-0.4, -0.2) is 42.8 Å². The van der Waals surface area contributed by atoms with Gasteiger partial charge in [-0.15, -0.1) is 0 Å². The molecule has 1 fully saturated rings. The van der Waals surface area contributed by atoms with Crippen LogP contribution in [0.15, 0.2) is 54.9 Å². The molecule has 0 spiro atoms. The van der Waals surface area contributed by atoms with Gasteiger partial charge in [-0.25, -0.2) is 4.79 Å². The van der Waals surface area contributed by atoms with E-state index in [1.54, 1.807) is 0 Å². The van der Waals surface area contributed by atoms with Crippen LogP contribution < -0.4 is 15.5 Å². The molecule has 2 N–H and O–H groups in total. The third-order valence-electron chi connectivity index (χ3n) is 6.38. The zero-order chi connectivity index (χ0) is 23.1. The minimum atomic E-state index is -0.309. The van der Waals surface area contributed by atoms with Gasteiger partial charge < -0.3 is 20.3 Å². The minimum absolute atomic E-state index is 0.176. The lowest BCUT2D eigenvalue weighted by Gasteiger charge is -2.34. The third-order valence-corrected chi connectivity index (χ3v) is 6.38. The molecule has 2 heterocycles. The highest BCUT2D eigenvalue weighted by Crippen LogP contribution is 2.19. The number of nitrogens with one attached hydrogen (secondary N) is 2. The van der Waals surface area contributed by atoms with E-state index < -0.39 is 0 Å². The summed E-state index contributed by atoms with van der Waals surface area (Å²) in [7, 11) is 0. The zero-order valence-electron chi connectivity index (χ0n) is 20.0. The summed E-state index contributed by atoms with van der Waals surface area (Å²) >= 11 is 0. The van der Waals surface area contributed by atoms with E-state index >= 15 is 0 Å². The predicted octanol–water partition coefficient (Wildman–Crippen LogP) is 5.30. The fourth-order valence-electron chi connectivity index (χ4n) is 4.41. The molecule has 0 radical (unpaired) electrons. The quantitative estimate of drug-likeness (QED) is 0.404. The van der Waals surface area contributed by atoms with E-state index in [9.17, 15) is 4.79 Å². The van der Waals surface area contributed by atoms with Gasteiger partial charge >= 0.3 is 6.09 Å². The van der Waals surface area contributed by atoms with Gasteiger partial charge in [0.1, 0.15) is 6.61 Å². The number of carbonyl (C=O) groups excluding carboxylic acids is 1. The first-order valence-electron chi connectivity index (χ1n) is 12.6. The maximum Gasteiger partial charge on any atom is 0.407 e. The van der Waals surface area contributed by atoms with E-state index in [4.69, 9.17) is 4.74 Å². The van der Waals surface area contributed by atoms with Gasteiger partial charge in [0.2, 0.25) is 0 Å². The van der Waals surface area contributed by atoms with Crippen molar-refractivity contribution in [3.8, 4) is 0 Å². The number of carbonyl (C=O) groups is 1. The van der Waals surface area contributed by atoms with Crippen LogP contribution in [0.1, 0.15) is 63.9 Å². The maximum atomic E-state index is 12.3. The number of piperidine rings is 1. The number of unbranched alkanes of at least 4 members (excludes halogenated alkanes) is 2. The summed E-state index contributed by atoms with van der Waals surface area (Å²) in [5.41, 5.74) is 2.28. The number of alkyl carbamates (subject to hydrolysis) is 1. The van der Waals surface area contributed by atoms with Gasteiger partial charge in [-0.05, 0) is 56.3 Å². The molecule has 1 amide bonds. The summed E-state index contributed by atoms with van der Waals surface area (Å²) in [6.07, 6.45) is 12.3. The Morgan fingerprint density at radius 1 is 1.06 bits per heavy atom. The fourth-order valence-corrected chi connectivity index (χ4v) is 4.41. The van der Waals surface area contributed by atoms with Crippen LogP contribution in [0.3, 0.4) is 0 Å². The number of hydrogen-bond donors (Lipinski definition) is 2. The molecule has 0 aliphatic carbocycles. The molecule has 6 heteroatoms. The lowest BCUT2D eigenvalue weighted by atomic mass is 10.0. The van der Waals surface area contributed by atoms with Crippen molar-refractivity contribution in [2.75, 3.05) is 24.5 Å². The van der Waals surface area contributed by atoms with Gasteiger partial charge in [0.15, 0.2) is 0 Å². The average Bonchev–Trinajstić information content (AvgIpc) is 2.87. The zero-order valence-corrected chi connectivity index (χ0v) is 20.0. The summed E-state index contributed by atoms with van der Waals surface area (Å²) in [6, 6.07) is 14.7. The normalized spacial score (nSPS) is 15.2. The van der Waals surface area contributed by atoms with Gasteiger partial charge in [-0.3, -0.25) is 4.98 Å². The lowest BCUT2D eigenvalue weighted by molar-refractivity contribution is 0.134. The Morgan fingerprint density at radius 2 is 1.79 bits per heavy atom. The molecule has 1 aliphatic heterocycles. The Morgan fingerprint density at radius 3 is 2.52 bits per heavy atom. The van der Waals surface area contributed by atoms with Crippen LogP contribution in [0.5, 0.6) is 0 Å². The molecule has 2 aromatic rings. The summed E-state index contributed by atoms with van der Waals surface area (Å²) < 4.78 is 5.44. The van der Waals surface area contributed by atoms with Crippen molar-refractivity contribution in [1.82, 2.24) is 15.6 Å². The van der Waals surface area contributed by atoms with Gasteiger partial charge in [0.05, 0.1) is 0 Å². The maximum absolute atomic E-state index is 12.3. The highest BCUT2D eigenvalue weighted by atomic mass is 16.5. The number of ether oxygens (including phenoxy) is 1. The Balaban J connectivity index is 1.33. The van der Waals surface area contributed by atoms with Gasteiger partial charge in [-0.1, -0.05) is 56.5 Å².